The number of hydrogen-bond acceptors (Lipinski definition) is 5. The molecule has 208 valence electrons. The number of carbonyl (C=O) groups excluding carboxylic acids is 3. The van der Waals surface area contributed by atoms with Gasteiger partial charge < -0.3 is 25.4 Å². The summed E-state index contributed by atoms with van der Waals surface area (Å²) in [5.41, 5.74) is -0.992. The second-order valence-electron chi connectivity index (χ2n) is 11.4. The first-order chi connectivity index (χ1) is 18.7. The summed E-state index contributed by atoms with van der Waals surface area (Å²) >= 11 is 6.35. The van der Waals surface area contributed by atoms with Gasteiger partial charge in [-0.2, -0.15) is 0 Å². The van der Waals surface area contributed by atoms with Gasteiger partial charge in [0.15, 0.2) is 0 Å². The van der Waals surface area contributed by atoms with Gasteiger partial charge in [0.1, 0.15) is 11.6 Å². The molecule has 3 aliphatic rings. The number of aliphatic hydroxyl groups is 1. The number of likely N-dealkylation sites (tertiary alicyclic amines) is 1. The fraction of sp³-hybridized carbons (Fsp3) is 0.500. The van der Waals surface area contributed by atoms with Crippen LogP contribution < -0.4 is 10.6 Å². The van der Waals surface area contributed by atoms with Gasteiger partial charge in [0, 0.05) is 5.69 Å². The van der Waals surface area contributed by atoms with Crippen LogP contribution in [0.15, 0.2) is 54.6 Å². The fourth-order valence-electron chi connectivity index (χ4n) is 7.07. The number of halogens is 1. The Labute approximate surface area is 234 Å². The highest BCUT2D eigenvalue weighted by Crippen LogP contribution is 2.64. The normalized spacial score (nSPS) is 29.9. The van der Waals surface area contributed by atoms with E-state index in [2.05, 4.69) is 10.6 Å². The molecular weight excluding hydrogens is 518 g/mol. The average Bonchev–Trinajstić information content (AvgIpc) is 3.52. The second-order valence-corrected chi connectivity index (χ2v) is 11.8. The molecule has 8 nitrogen and oxygen atoms in total. The number of amides is 3. The molecule has 3 fully saturated rings. The molecule has 5 rings (SSSR count). The maximum Gasteiger partial charge on any atom is 0.250 e. The minimum atomic E-state index is -1.19. The summed E-state index contributed by atoms with van der Waals surface area (Å²) in [6, 6.07) is 14.4. The Morgan fingerprint density at radius 2 is 1.77 bits per heavy atom. The van der Waals surface area contributed by atoms with Crippen LogP contribution in [0, 0.1) is 17.8 Å². The Kier molecular flexibility index (Phi) is 7.48. The Morgan fingerprint density at radius 3 is 2.41 bits per heavy atom. The lowest BCUT2D eigenvalue weighted by molar-refractivity contribution is -0.148. The number of carbonyl (C=O) groups is 3. The van der Waals surface area contributed by atoms with E-state index < -0.39 is 41.0 Å². The number of rotatable bonds is 9. The van der Waals surface area contributed by atoms with Crippen molar-refractivity contribution >= 4 is 40.7 Å². The van der Waals surface area contributed by atoms with Gasteiger partial charge in [0.25, 0.3) is 0 Å². The highest BCUT2D eigenvalue weighted by atomic mass is 35.5. The Morgan fingerprint density at radius 1 is 1.08 bits per heavy atom. The molecule has 0 radical (unpaired) electrons. The number of anilines is 2. The first kappa shape index (κ1) is 27.6. The predicted molar refractivity (Wildman–Crippen MR) is 149 cm³/mol. The molecule has 2 aromatic carbocycles. The van der Waals surface area contributed by atoms with Crippen LogP contribution in [0.25, 0.3) is 0 Å². The van der Waals surface area contributed by atoms with Crippen molar-refractivity contribution < 1.29 is 24.2 Å². The van der Waals surface area contributed by atoms with E-state index in [1.165, 1.54) is 4.90 Å². The largest absolute Gasteiger partial charge is 0.394 e. The summed E-state index contributed by atoms with van der Waals surface area (Å²) < 4.78 is 6.80. The zero-order valence-electron chi connectivity index (χ0n) is 22.5. The summed E-state index contributed by atoms with van der Waals surface area (Å²) in [6.45, 7) is 5.67. The molecule has 3 saturated heterocycles. The number of para-hydroxylation sites is 2. The van der Waals surface area contributed by atoms with Crippen LogP contribution in [0.2, 0.25) is 5.02 Å². The quantitative estimate of drug-likeness (QED) is 0.424. The number of hydrogen-bond donors (Lipinski definition) is 3. The monoisotopic (exact) mass is 553 g/mol. The van der Waals surface area contributed by atoms with E-state index in [9.17, 15) is 19.5 Å². The lowest BCUT2D eigenvalue weighted by Crippen LogP contribution is -2.56. The van der Waals surface area contributed by atoms with Crippen LogP contribution in [-0.2, 0) is 19.1 Å². The summed E-state index contributed by atoms with van der Waals surface area (Å²) in [7, 11) is 0. The minimum absolute atomic E-state index is 0.163. The van der Waals surface area contributed by atoms with Gasteiger partial charge in [-0.3, -0.25) is 14.4 Å². The third-order valence-corrected chi connectivity index (χ3v) is 9.00. The van der Waals surface area contributed by atoms with E-state index >= 15 is 0 Å². The number of nitrogens with zero attached hydrogens (tertiary/aromatic N) is 1. The van der Waals surface area contributed by atoms with Gasteiger partial charge in [-0.25, -0.2) is 0 Å². The van der Waals surface area contributed by atoms with E-state index in [4.69, 9.17) is 16.3 Å². The van der Waals surface area contributed by atoms with Crippen LogP contribution in [0.5, 0.6) is 0 Å². The molecule has 3 amide bonds. The zero-order chi connectivity index (χ0) is 27.9. The van der Waals surface area contributed by atoms with Crippen molar-refractivity contribution in [3.63, 3.8) is 0 Å². The molecule has 3 N–H and O–H groups in total. The van der Waals surface area contributed by atoms with Crippen LogP contribution >= 0.6 is 11.6 Å². The Bertz CT molecular complexity index is 1260. The van der Waals surface area contributed by atoms with Gasteiger partial charge in [-0.05, 0) is 55.9 Å². The first-order valence-electron chi connectivity index (χ1n) is 13.7. The van der Waals surface area contributed by atoms with Crippen LogP contribution in [0.4, 0.5) is 11.4 Å². The lowest BCUT2D eigenvalue weighted by atomic mass is 9.65. The van der Waals surface area contributed by atoms with E-state index in [0.717, 1.165) is 0 Å². The number of ether oxygens (including phenoxy) is 1. The van der Waals surface area contributed by atoms with Crippen LogP contribution in [0.1, 0.15) is 46.5 Å². The molecule has 3 aliphatic heterocycles. The van der Waals surface area contributed by atoms with E-state index in [1.54, 1.807) is 36.4 Å². The summed E-state index contributed by atoms with van der Waals surface area (Å²) in [4.78, 5) is 43.8. The number of fused-ring (bicyclic) bond motifs is 1. The van der Waals surface area contributed by atoms with Gasteiger partial charge in [0.2, 0.25) is 17.7 Å². The molecule has 2 bridgehead atoms. The van der Waals surface area contributed by atoms with Gasteiger partial charge >= 0.3 is 0 Å². The smallest absolute Gasteiger partial charge is 0.250 e. The van der Waals surface area contributed by atoms with Crippen molar-refractivity contribution in [2.45, 2.75) is 69.7 Å². The maximum absolute atomic E-state index is 14.4. The van der Waals surface area contributed by atoms with Crippen molar-refractivity contribution in [2.75, 3.05) is 17.2 Å². The maximum atomic E-state index is 14.4. The van der Waals surface area contributed by atoms with Crippen molar-refractivity contribution in [1.82, 2.24) is 4.90 Å². The fourth-order valence-corrected chi connectivity index (χ4v) is 7.26. The predicted octanol–water partition coefficient (Wildman–Crippen LogP) is 4.48. The second kappa shape index (κ2) is 10.6. The molecule has 3 heterocycles. The third kappa shape index (κ3) is 4.52. The summed E-state index contributed by atoms with van der Waals surface area (Å²) in [6.07, 6.45) is 2.04. The first-order valence-corrected chi connectivity index (χ1v) is 14.1. The molecule has 0 aromatic heterocycles. The minimum Gasteiger partial charge on any atom is -0.394 e. The SMILES string of the molecule is CC[C@@]12CCC3(O1)C(C(=O)Nc1ccccc1Cl)N([C@@H](CO)CC(C)C)C(=O)[C@@H]3[C@@H]2C(=O)Nc1ccccc1. The molecule has 2 aromatic rings. The molecule has 0 aliphatic carbocycles. The molecule has 2 unspecified atom stereocenters. The van der Waals surface area contributed by atoms with E-state index in [1.807, 2.05) is 39.0 Å². The van der Waals surface area contributed by atoms with Crippen molar-refractivity contribution in [3.8, 4) is 0 Å². The van der Waals surface area contributed by atoms with Crippen LogP contribution in [0.3, 0.4) is 0 Å². The number of nitrogens with one attached hydrogen (secondary N) is 2. The Hall–Kier alpha value is -2.94. The number of benzene rings is 2. The molecule has 0 saturated carbocycles. The van der Waals surface area contributed by atoms with E-state index in [0.29, 0.717) is 42.1 Å². The summed E-state index contributed by atoms with van der Waals surface area (Å²) in [5, 5.41) is 16.7. The molecule has 6 atom stereocenters. The highest BCUT2D eigenvalue weighted by Gasteiger charge is 2.79. The lowest BCUT2D eigenvalue weighted by Gasteiger charge is -2.38. The van der Waals surface area contributed by atoms with Crippen molar-refractivity contribution in [3.05, 3.63) is 59.6 Å². The van der Waals surface area contributed by atoms with Gasteiger partial charge in [-0.15, -0.1) is 0 Å². The van der Waals surface area contributed by atoms with Crippen molar-refractivity contribution in [1.29, 1.82) is 0 Å². The average molecular weight is 554 g/mol. The zero-order valence-corrected chi connectivity index (χ0v) is 23.3. The standard InChI is InChI=1S/C30H36ClN3O5/c1-4-29-14-15-30(39-29)24(23(29)26(36)32-19-10-6-5-7-11-19)28(38)34(20(17-35)16-18(2)3)25(30)27(37)33-22-13-9-8-12-21(22)31/h5-13,18,20,23-25,35H,4,14-17H2,1-3H3,(H,32,36)(H,33,37)/t20-,23-,24+,25?,29+,30?/m1/s1. The third-order valence-electron chi connectivity index (χ3n) is 8.67. The molecule has 1 spiro atoms. The van der Waals surface area contributed by atoms with Crippen LogP contribution in [-0.4, -0.2) is 57.6 Å². The van der Waals surface area contributed by atoms with E-state index in [-0.39, 0.29) is 24.3 Å². The Balaban J connectivity index is 1.57. The topological polar surface area (TPSA) is 108 Å². The number of aliphatic hydroxyl groups excluding tert-OH is 1. The van der Waals surface area contributed by atoms with Gasteiger partial charge in [-0.1, -0.05) is 62.7 Å². The molecule has 9 heteroatoms. The summed E-state index contributed by atoms with van der Waals surface area (Å²) in [5.74, 6) is -2.51. The van der Waals surface area contributed by atoms with Crippen molar-refractivity contribution in [2.24, 2.45) is 17.8 Å². The highest BCUT2D eigenvalue weighted by molar-refractivity contribution is 6.33. The molecular formula is C30H36ClN3O5. The molecule has 39 heavy (non-hydrogen) atoms. The van der Waals surface area contributed by atoms with Gasteiger partial charge in [0.05, 0.1) is 40.8 Å².